The summed E-state index contributed by atoms with van der Waals surface area (Å²) in [6.07, 6.45) is 4.53. The van der Waals surface area contributed by atoms with E-state index in [-0.39, 0.29) is 6.03 Å². The second-order valence-corrected chi connectivity index (χ2v) is 5.09. The topological polar surface area (TPSA) is 54.0 Å². The first kappa shape index (κ1) is 15.0. The van der Waals surface area contributed by atoms with Crippen LogP contribution in [-0.2, 0) is 6.54 Å². The second-order valence-electron chi connectivity index (χ2n) is 5.09. The van der Waals surface area contributed by atoms with Crippen molar-refractivity contribution in [3.63, 3.8) is 0 Å². The van der Waals surface area contributed by atoms with Crippen LogP contribution in [0, 0.1) is 0 Å². The third kappa shape index (κ3) is 4.60. The summed E-state index contributed by atoms with van der Waals surface area (Å²) in [6, 6.07) is 11.5. The molecule has 0 radical (unpaired) electrons. The normalized spacial score (nSPS) is 11.7. The number of aromatic nitrogens is 1. The Hall–Kier alpha value is -2.36. The number of hydrogen-bond acceptors (Lipinski definition) is 2. The highest BCUT2D eigenvalue weighted by molar-refractivity contribution is 5.89. The Morgan fingerprint density at radius 1 is 1.14 bits per heavy atom. The van der Waals surface area contributed by atoms with Crippen molar-refractivity contribution in [3.05, 3.63) is 59.9 Å². The van der Waals surface area contributed by atoms with Crippen LogP contribution in [0.2, 0.25) is 0 Å². The lowest BCUT2D eigenvalue weighted by atomic mass is 9.99. The number of rotatable bonds is 5. The van der Waals surface area contributed by atoms with Gasteiger partial charge in [0.05, 0.1) is 0 Å². The molecule has 0 aliphatic heterocycles. The molecule has 0 fully saturated rings. The molecule has 0 unspecified atom stereocenters. The highest BCUT2D eigenvalue weighted by Crippen LogP contribution is 2.20. The molecule has 2 N–H and O–H groups in total. The number of nitrogens with zero attached hydrogens (tertiary/aromatic N) is 1. The van der Waals surface area contributed by atoms with Crippen molar-refractivity contribution >= 4 is 11.7 Å². The van der Waals surface area contributed by atoms with Crippen LogP contribution < -0.4 is 10.6 Å². The van der Waals surface area contributed by atoms with Gasteiger partial charge in [-0.1, -0.05) is 26.0 Å². The average Bonchev–Trinajstić information content (AvgIpc) is 2.54. The Balaban J connectivity index is 1.85. The molecule has 4 heteroatoms. The van der Waals surface area contributed by atoms with Crippen molar-refractivity contribution in [3.8, 4) is 0 Å². The average molecular weight is 283 g/mol. The molecule has 1 heterocycles. The van der Waals surface area contributed by atoms with E-state index in [4.69, 9.17) is 0 Å². The zero-order valence-corrected chi connectivity index (χ0v) is 12.5. The number of carbonyl (C=O) groups is 1. The van der Waals surface area contributed by atoms with Crippen molar-refractivity contribution in [2.75, 3.05) is 5.32 Å². The second kappa shape index (κ2) is 7.43. The van der Waals surface area contributed by atoms with E-state index in [1.165, 1.54) is 5.56 Å². The van der Waals surface area contributed by atoms with Gasteiger partial charge in [0.1, 0.15) is 0 Å². The molecule has 110 valence electrons. The first-order valence-corrected chi connectivity index (χ1v) is 7.22. The number of anilines is 1. The summed E-state index contributed by atoms with van der Waals surface area (Å²) in [4.78, 5) is 15.8. The van der Waals surface area contributed by atoms with Gasteiger partial charge in [-0.05, 0) is 47.7 Å². The standard InChI is InChI=1S/C17H21N3O/c1-3-13(2)15-4-6-16(7-5-15)20-17(21)19-12-14-8-10-18-11-9-14/h4-11,13H,3,12H2,1-2H3,(H2,19,20,21)/t13-/m0/s1. The van der Waals surface area contributed by atoms with E-state index in [0.29, 0.717) is 12.5 Å². The minimum Gasteiger partial charge on any atom is -0.334 e. The number of benzene rings is 1. The van der Waals surface area contributed by atoms with E-state index in [9.17, 15) is 4.79 Å². The van der Waals surface area contributed by atoms with Crippen molar-refractivity contribution in [2.45, 2.75) is 32.7 Å². The van der Waals surface area contributed by atoms with Gasteiger partial charge < -0.3 is 10.6 Å². The van der Waals surface area contributed by atoms with E-state index in [0.717, 1.165) is 17.7 Å². The molecule has 0 aliphatic rings. The SMILES string of the molecule is CC[C@H](C)c1ccc(NC(=O)NCc2ccncc2)cc1. The van der Waals surface area contributed by atoms with E-state index >= 15 is 0 Å². The van der Waals surface area contributed by atoms with Gasteiger partial charge in [0.2, 0.25) is 0 Å². The largest absolute Gasteiger partial charge is 0.334 e. The van der Waals surface area contributed by atoms with Crippen LogP contribution in [0.15, 0.2) is 48.8 Å². The summed E-state index contributed by atoms with van der Waals surface area (Å²) in [5.41, 5.74) is 3.11. The predicted molar refractivity (Wildman–Crippen MR) is 85.2 cm³/mol. The molecule has 4 nitrogen and oxygen atoms in total. The molecular formula is C17H21N3O. The lowest BCUT2D eigenvalue weighted by Gasteiger charge is -2.11. The Morgan fingerprint density at radius 2 is 1.81 bits per heavy atom. The molecule has 0 spiro atoms. The number of urea groups is 1. The molecule has 0 aliphatic carbocycles. The van der Waals surface area contributed by atoms with Gasteiger partial charge in [-0.3, -0.25) is 4.98 Å². The molecule has 2 aromatic rings. The van der Waals surface area contributed by atoms with Crippen molar-refractivity contribution in [1.82, 2.24) is 10.3 Å². The highest BCUT2D eigenvalue weighted by Gasteiger charge is 2.04. The molecule has 2 amide bonds. The van der Waals surface area contributed by atoms with Crippen molar-refractivity contribution < 1.29 is 4.79 Å². The van der Waals surface area contributed by atoms with Gasteiger partial charge in [0.25, 0.3) is 0 Å². The smallest absolute Gasteiger partial charge is 0.319 e. The first-order valence-electron chi connectivity index (χ1n) is 7.22. The third-order valence-corrected chi connectivity index (χ3v) is 3.55. The van der Waals surface area contributed by atoms with Crippen molar-refractivity contribution in [2.24, 2.45) is 0 Å². The number of nitrogens with one attached hydrogen (secondary N) is 2. The summed E-state index contributed by atoms with van der Waals surface area (Å²) in [5.74, 6) is 0.541. The lowest BCUT2D eigenvalue weighted by molar-refractivity contribution is 0.251. The van der Waals surface area contributed by atoms with E-state index in [1.807, 2.05) is 24.3 Å². The van der Waals surface area contributed by atoms with Crippen molar-refractivity contribution in [1.29, 1.82) is 0 Å². The Kier molecular flexibility index (Phi) is 5.32. The lowest BCUT2D eigenvalue weighted by Crippen LogP contribution is -2.28. The fraction of sp³-hybridized carbons (Fsp3) is 0.294. The Morgan fingerprint density at radius 3 is 2.43 bits per heavy atom. The minimum atomic E-state index is -0.205. The molecule has 0 bridgehead atoms. The zero-order valence-electron chi connectivity index (χ0n) is 12.5. The minimum absolute atomic E-state index is 0.205. The van der Waals surface area contributed by atoms with Crippen LogP contribution in [0.5, 0.6) is 0 Å². The molecule has 1 aromatic carbocycles. The van der Waals surface area contributed by atoms with Gasteiger partial charge >= 0.3 is 6.03 Å². The quantitative estimate of drug-likeness (QED) is 0.874. The van der Waals surface area contributed by atoms with Crippen LogP contribution in [0.4, 0.5) is 10.5 Å². The highest BCUT2D eigenvalue weighted by atomic mass is 16.2. The van der Waals surface area contributed by atoms with Crippen LogP contribution in [-0.4, -0.2) is 11.0 Å². The monoisotopic (exact) mass is 283 g/mol. The summed E-state index contributed by atoms with van der Waals surface area (Å²) in [5, 5.41) is 5.65. The molecule has 1 aromatic heterocycles. The molecule has 21 heavy (non-hydrogen) atoms. The van der Waals surface area contributed by atoms with Crippen LogP contribution in [0.1, 0.15) is 37.3 Å². The van der Waals surface area contributed by atoms with Gasteiger partial charge in [-0.15, -0.1) is 0 Å². The summed E-state index contributed by atoms with van der Waals surface area (Å²) in [7, 11) is 0. The molecule has 0 saturated carbocycles. The first-order chi connectivity index (χ1) is 10.2. The molecule has 1 atom stereocenters. The van der Waals surface area contributed by atoms with E-state index < -0.39 is 0 Å². The third-order valence-electron chi connectivity index (χ3n) is 3.55. The Bertz CT molecular complexity index is 566. The van der Waals surface area contributed by atoms with Gasteiger partial charge in [-0.25, -0.2) is 4.79 Å². The number of amides is 2. The predicted octanol–water partition coefficient (Wildman–Crippen LogP) is 3.92. The van der Waals surface area contributed by atoms with E-state index in [2.05, 4.69) is 41.6 Å². The van der Waals surface area contributed by atoms with Gasteiger partial charge in [0, 0.05) is 24.6 Å². The summed E-state index contributed by atoms with van der Waals surface area (Å²) in [6.45, 7) is 4.85. The van der Waals surface area contributed by atoms with Crippen LogP contribution in [0.25, 0.3) is 0 Å². The molecule has 0 saturated heterocycles. The van der Waals surface area contributed by atoms with Crippen LogP contribution in [0.3, 0.4) is 0 Å². The van der Waals surface area contributed by atoms with Gasteiger partial charge in [-0.2, -0.15) is 0 Å². The summed E-state index contributed by atoms with van der Waals surface area (Å²) < 4.78 is 0. The maximum atomic E-state index is 11.8. The van der Waals surface area contributed by atoms with Gasteiger partial charge in [0.15, 0.2) is 0 Å². The molecule has 2 rings (SSSR count). The number of carbonyl (C=O) groups excluding carboxylic acids is 1. The maximum Gasteiger partial charge on any atom is 0.319 e. The Labute approximate surface area is 125 Å². The fourth-order valence-corrected chi connectivity index (χ4v) is 1.99. The molecular weight excluding hydrogens is 262 g/mol. The number of hydrogen-bond donors (Lipinski definition) is 2. The fourth-order valence-electron chi connectivity index (χ4n) is 1.99. The van der Waals surface area contributed by atoms with Crippen LogP contribution >= 0.6 is 0 Å². The summed E-state index contributed by atoms with van der Waals surface area (Å²) >= 11 is 0. The maximum absolute atomic E-state index is 11.8. The zero-order chi connectivity index (χ0) is 15.1. The van der Waals surface area contributed by atoms with E-state index in [1.54, 1.807) is 12.4 Å². The number of pyridine rings is 1.